The van der Waals surface area contributed by atoms with Crippen molar-refractivity contribution in [2.24, 2.45) is 0 Å². The van der Waals surface area contributed by atoms with Crippen LogP contribution in [0.5, 0.6) is 0 Å². The van der Waals surface area contributed by atoms with E-state index in [-0.39, 0.29) is 18.3 Å². The largest absolute Gasteiger partial charge is 0.309 e. The molecule has 2 aromatic carbocycles. The first-order chi connectivity index (χ1) is 13.3. The first-order valence-corrected chi connectivity index (χ1v) is 10.6. The minimum atomic E-state index is -0.142. The van der Waals surface area contributed by atoms with Gasteiger partial charge in [-0.3, -0.25) is 9.69 Å². The van der Waals surface area contributed by atoms with Crippen molar-refractivity contribution in [3.05, 3.63) is 57.1 Å². The molecular weight excluding hydrogens is 449 g/mol. The molecule has 0 unspecified atom stereocenters. The zero-order valence-electron chi connectivity index (χ0n) is 16.8. The Kier molecular flexibility index (Phi) is 8.32. The lowest BCUT2D eigenvalue weighted by molar-refractivity contribution is 0.0986. The number of benzene rings is 2. The van der Waals surface area contributed by atoms with Gasteiger partial charge in [-0.25, -0.2) is 4.98 Å². The highest BCUT2D eigenvalue weighted by atomic mass is 35.5. The van der Waals surface area contributed by atoms with Crippen LogP contribution in [0.25, 0.3) is 10.2 Å². The molecule has 0 saturated heterocycles. The fraction of sp³-hybridized carbons (Fsp3) is 0.333. The van der Waals surface area contributed by atoms with Crippen molar-refractivity contribution < 1.29 is 4.79 Å². The molecule has 1 aromatic heterocycles. The maximum atomic E-state index is 13.3. The van der Waals surface area contributed by atoms with E-state index in [1.54, 1.807) is 23.1 Å². The maximum Gasteiger partial charge on any atom is 0.260 e. The van der Waals surface area contributed by atoms with E-state index < -0.39 is 0 Å². The number of carbonyl (C=O) groups excluding carboxylic acids is 1. The van der Waals surface area contributed by atoms with E-state index >= 15 is 0 Å². The number of aryl methyl sites for hydroxylation is 2. The highest BCUT2D eigenvalue weighted by molar-refractivity contribution is 7.22. The molecule has 156 valence electrons. The molecule has 3 aromatic rings. The Balaban J connectivity index is 0.00000300. The van der Waals surface area contributed by atoms with Crippen molar-refractivity contribution in [3.63, 3.8) is 0 Å². The van der Waals surface area contributed by atoms with Crippen molar-refractivity contribution in [3.8, 4) is 0 Å². The Morgan fingerprint density at radius 1 is 1.07 bits per heavy atom. The van der Waals surface area contributed by atoms with Crippen LogP contribution in [0.4, 0.5) is 5.13 Å². The number of carbonyl (C=O) groups is 1. The first-order valence-electron chi connectivity index (χ1n) is 9.05. The number of aromatic nitrogens is 1. The van der Waals surface area contributed by atoms with E-state index in [2.05, 4.69) is 30.9 Å². The minimum Gasteiger partial charge on any atom is -0.309 e. The lowest BCUT2D eigenvalue weighted by Gasteiger charge is -2.21. The molecule has 0 aliphatic rings. The smallest absolute Gasteiger partial charge is 0.260 e. The van der Waals surface area contributed by atoms with Crippen LogP contribution in [0.2, 0.25) is 10.0 Å². The predicted octanol–water partition coefficient (Wildman–Crippen LogP) is 6.24. The van der Waals surface area contributed by atoms with Crippen molar-refractivity contribution in [2.45, 2.75) is 20.3 Å². The Morgan fingerprint density at radius 2 is 1.72 bits per heavy atom. The van der Waals surface area contributed by atoms with E-state index in [1.807, 2.05) is 14.1 Å². The van der Waals surface area contributed by atoms with Gasteiger partial charge in [-0.1, -0.05) is 40.6 Å². The van der Waals surface area contributed by atoms with E-state index in [0.29, 0.717) is 27.3 Å². The number of halogens is 3. The van der Waals surface area contributed by atoms with Gasteiger partial charge in [0.1, 0.15) is 0 Å². The van der Waals surface area contributed by atoms with Crippen LogP contribution in [-0.2, 0) is 0 Å². The third kappa shape index (κ3) is 5.62. The van der Waals surface area contributed by atoms with Gasteiger partial charge >= 0.3 is 0 Å². The summed E-state index contributed by atoms with van der Waals surface area (Å²) in [6.07, 6.45) is 0.834. The van der Waals surface area contributed by atoms with Crippen molar-refractivity contribution >= 4 is 68.2 Å². The molecule has 4 nitrogen and oxygen atoms in total. The molecule has 0 saturated carbocycles. The average molecular weight is 473 g/mol. The molecule has 0 bridgehead atoms. The number of hydrogen-bond donors (Lipinski definition) is 0. The van der Waals surface area contributed by atoms with Crippen LogP contribution in [0, 0.1) is 13.8 Å². The molecule has 0 radical (unpaired) electrons. The zero-order chi connectivity index (χ0) is 20.4. The van der Waals surface area contributed by atoms with Crippen molar-refractivity contribution in [1.82, 2.24) is 9.88 Å². The average Bonchev–Trinajstić information content (AvgIpc) is 3.05. The molecule has 8 heteroatoms. The Labute approximate surface area is 191 Å². The van der Waals surface area contributed by atoms with Gasteiger partial charge in [0.05, 0.1) is 10.2 Å². The Morgan fingerprint density at radius 3 is 2.34 bits per heavy atom. The molecule has 29 heavy (non-hydrogen) atoms. The molecule has 1 amide bonds. The summed E-state index contributed by atoms with van der Waals surface area (Å²) in [5, 5.41) is 1.59. The fourth-order valence-corrected chi connectivity index (χ4v) is 4.57. The monoisotopic (exact) mass is 471 g/mol. The van der Waals surface area contributed by atoms with Gasteiger partial charge in [0, 0.05) is 22.2 Å². The van der Waals surface area contributed by atoms with Crippen LogP contribution in [0.15, 0.2) is 30.3 Å². The molecule has 0 N–H and O–H groups in total. The SMILES string of the molecule is Cc1ccc2sc(N(CCCN(C)C)C(=O)c3cc(Cl)cc(Cl)c3)nc2c1C.Cl. The third-order valence-electron chi connectivity index (χ3n) is 4.65. The highest BCUT2D eigenvalue weighted by Gasteiger charge is 2.22. The molecule has 1 heterocycles. The number of amides is 1. The van der Waals surface area contributed by atoms with Crippen LogP contribution >= 0.6 is 46.9 Å². The molecular formula is C21H24Cl3N3OS. The summed E-state index contributed by atoms with van der Waals surface area (Å²) in [7, 11) is 4.04. The molecule has 3 rings (SSSR count). The van der Waals surface area contributed by atoms with Crippen LogP contribution in [-0.4, -0.2) is 43.0 Å². The first kappa shape index (κ1) is 23.9. The van der Waals surface area contributed by atoms with E-state index in [9.17, 15) is 4.79 Å². The quantitative estimate of drug-likeness (QED) is 0.426. The second-order valence-corrected chi connectivity index (χ2v) is 9.00. The van der Waals surface area contributed by atoms with Crippen molar-refractivity contribution in [2.75, 3.05) is 32.1 Å². The van der Waals surface area contributed by atoms with Crippen molar-refractivity contribution in [1.29, 1.82) is 0 Å². The van der Waals surface area contributed by atoms with Gasteiger partial charge in [0.15, 0.2) is 5.13 Å². The van der Waals surface area contributed by atoms with Crippen LogP contribution in [0.3, 0.4) is 0 Å². The predicted molar refractivity (Wildman–Crippen MR) is 128 cm³/mol. The molecule has 0 fully saturated rings. The maximum absolute atomic E-state index is 13.3. The minimum absolute atomic E-state index is 0. The van der Waals surface area contributed by atoms with Gasteiger partial charge < -0.3 is 4.90 Å². The summed E-state index contributed by atoms with van der Waals surface area (Å²) in [5.74, 6) is -0.142. The number of fused-ring (bicyclic) bond motifs is 1. The number of nitrogens with zero attached hydrogens (tertiary/aromatic N) is 3. The summed E-state index contributed by atoms with van der Waals surface area (Å²) in [6, 6.07) is 9.08. The van der Waals surface area contributed by atoms with Crippen LogP contribution < -0.4 is 4.90 Å². The van der Waals surface area contributed by atoms with E-state index in [4.69, 9.17) is 28.2 Å². The van der Waals surface area contributed by atoms with Gasteiger partial charge in [-0.05, 0) is 76.3 Å². The van der Waals surface area contributed by atoms with Gasteiger partial charge in [-0.15, -0.1) is 12.4 Å². The van der Waals surface area contributed by atoms with Crippen LogP contribution in [0.1, 0.15) is 27.9 Å². The Bertz CT molecular complexity index is 1000. The second kappa shape index (κ2) is 10.1. The number of rotatable bonds is 6. The normalized spacial score (nSPS) is 11.0. The molecule has 0 aliphatic carbocycles. The van der Waals surface area contributed by atoms with E-state index in [0.717, 1.165) is 28.7 Å². The number of hydrogen-bond acceptors (Lipinski definition) is 4. The second-order valence-electron chi connectivity index (χ2n) is 7.12. The van der Waals surface area contributed by atoms with Gasteiger partial charge in [0.2, 0.25) is 0 Å². The standard InChI is InChI=1S/C21H23Cl2N3OS.ClH/c1-13-6-7-18-19(14(13)2)24-21(28-18)26(9-5-8-25(3)4)20(27)15-10-16(22)12-17(23)11-15;/h6-7,10-12H,5,8-9H2,1-4H3;1H. The fourth-order valence-electron chi connectivity index (χ4n) is 2.99. The molecule has 0 atom stereocenters. The Hall–Kier alpha value is -1.37. The molecule has 0 spiro atoms. The lowest BCUT2D eigenvalue weighted by Crippen LogP contribution is -2.33. The lowest BCUT2D eigenvalue weighted by atomic mass is 10.1. The summed E-state index contributed by atoms with van der Waals surface area (Å²) >= 11 is 13.8. The number of anilines is 1. The molecule has 0 aliphatic heterocycles. The third-order valence-corrected chi connectivity index (χ3v) is 6.13. The summed E-state index contributed by atoms with van der Waals surface area (Å²) in [4.78, 5) is 22.0. The van der Waals surface area contributed by atoms with E-state index in [1.165, 1.54) is 16.9 Å². The summed E-state index contributed by atoms with van der Waals surface area (Å²) in [5.41, 5.74) is 3.76. The topological polar surface area (TPSA) is 36.4 Å². The summed E-state index contributed by atoms with van der Waals surface area (Å²) < 4.78 is 1.08. The summed E-state index contributed by atoms with van der Waals surface area (Å²) in [6.45, 7) is 5.58. The zero-order valence-corrected chi connectivity index (χ0v) is 20.0. The number of thiazole rings is 1. The van der Waals surface area contributed by atoms with Gasteiger partial charge in [-0.2, -0.15) is 0 Å². The van der Waals surface area contributed by atoms with Gasteiger partial charge in [0.25, 0.3) is 5.91 Å². The highest BCUT2D eigenvalue weighted by Crippen LogP contribution is 2.33.